The van der Waals surface area contributed by atoms with E-state index in [9.17, 15) is 14.4 Å². The van der Waals surface area contributed by atoms with E-state index in [2.05, 4.69) is 10.6 Å². The molecule has 0 saturated heterocycles. The summed E-state index contributed by atoms with van der Waals surface area (Å²) in [5.74, 6) is -0.229. The Morgan fingerprint density at radius 2 is 1.92 bits per heavy atom. The van der Waals surface area contributed by atoms with E-state index in [0.717, 1.165) is 0 Å². The minimum absolute atomic E-state index is 0.0397. The summed E-state index contributed by atoms with van der Waals surface area (Å²) in [6.45, 7) is -0.415. The molecule has 0 aliphatic heterocycles. The van der Waals surface area contributed by atoms with Crippen molar-refractivity contribution < 1.29 is 28.3 Å². The lowest BCUT2D eigenvalue weighted by Gasteiger charge is -2.09. The number of urea groups is 1. The van der Waals surface area contributed by atoms with E-state index in [-0.39, 0.29) is 13.0 Å². The molecule has 3 amide bonds. The molecule has 0 radical (unpaired) electrons. The van der Waals surface area contributed by atoms with Gasteiger partial charge in [-0.1, -0.05) is 18.2 Å². The third kappa shape index (κ3) is 6.02. The molecule has 0 fully saturated rings. The van der Waals surface area contributed by atoms with Gasteiger partial charge in [-0.05, 0) is 18.2 Å². The van der Waals surface area contributed by atoms with Gasteiger partial charge < -0.3 is 19.2 Å². The number of para-hydroxylation sites is 1. The van der Waals surface area contributed by atoms with Crippen LogP contribution in [0.5, 0.6) is 5.75 Å². The second kappa shape index (κ2) is 9.11. The topological polar surface area (TPSA) is 107 Å². The van der Waals surface area contributed by atoms with Gasteiger partial charge in [-0.25, -0.2) is 4.79 Å². The van der Waals surface area contributed by atoms with Gasteiger partial charge in [-0.15, -0.1) is 0 Å². The first kappa shape index (κ1) is 18.1. The minimum Gasteiger partial charge on any atom is -0.496 e. The van der Waals surface area contributed by atoms with Gasteiger partial charge in [0.2, 0.25) is 0 Å². The van der Waals surface area contributed by atoms with E-state index in [1.165, 1.54) is 13.4 Å². The molecule has 2 N–H and O–H groups in total. The highest BCUT2D eigenvalue weighted by Gasteiger charge is 2.13. The molecule has 25 heavy (non-hydrogen) atoms. The van der Waals surface area contributed by atoms with Crippen LogP contribution in [0.25, 0.3) is 0 Å². The van der Waals surface area contributed by atoms with E-state index in [0.29, 0.717) is 17.1 Å². The lowest BCUT2D eigenvalue weighted by Crippen LogP contribution is -2.41. The van der Waals surface area contributed by atoms with Crippen LogP contribution < -0.4 is 15.4 Å². The summed E-state index contributed by atoms with van der Waals surface area (Å²) >= 11 is 0. The van der Waals surface area contributed by atoms with Crippen LogP contribution in [0.3, 0.4) is 0 Å². The molecule has 0 aliphatic rings. The molecule has 0 atom stereocenters. The number of carbonyl (C=O) groups is 3. The molecule has 2 aromatic rings. The minimum atomic E-state index is -0.731. The Morgan fingerprint density at radius 3 is 2.64 bits per heavy atom. The highest BCUT2D eigenvalue weighted by atomic mass is 16.5. The first-order chi connectivity index (χ1) is 12.1. The maximum atomic E-state index is 11.8. The molecule has 0 spiro atoms. The summed E-state index contributed by atoms with van der Waals surface area (Å²) in [6, 6.07) is 9.65. The SMILES string of the molecule is COc1ccccc1CC(=O)OCC(=O)NC(=O)NCc1ccco1. The van der Waals surface area contributed by atoms with Crippen molar-refractivity contribution in [3.8, 4) is 5.75 Å². The van der Waals surface area contributed by atoms with Crippen LogP contribution in [0.1, 0.15) is 11.3 Å². The predicted molar refractivity (Wildman–Crippen MR) is 86.7 cm³/mol. The lowest BCUT2D eigenvalue weighted by atomic mass is 10.1. The molecule has 1 aromatic heterocycles. The predicted octanol–water partition coefficient (Wildman–Crippen LogP) is 1.40. The first-order valence-corrected chi connectivity index (χ1v) is 7.46. The summed E-state index contributed by atoms with van der Waals surface area (Å²) < 4.78 is 15.0. The molecule has 0 aliphatic carbocycles. The highest BCUT2D eigenvalue weighted by Crippen LogP contribution is 2.17. The van der Waals surface area contributed by atoms with Crippen LogP contribution in [0, 0.1) is 0 Å². The molecule has 1 aromatic carbocycles. The average molecular weight is 346 g/mol. The van der Waals surface area contributed by atoms with Crippen LogP contribution in [0.4, 0.5) is 4.79 Å². The van der Waals surface area contributed by atoms with Crippen molar-refractivity contribution in [3.63, 3.8) is 0 Å². The van der Waals surface area contributed by atoms with Gasteiger partial charge in [0.25, 0.3) is 5.91 Å². The number of carbonyl (C=O) groups excluding carboxylic acids is 3. The fraction of sp³-hybridized carbons (Fsp3) is 0.235. The van der Waals surface area contributed by atoms with Gasteiger partial charge in [0.15, 0.2) is 6.61 Å². The van der Waals surface area contributed by atoms with Gasteiger partial charge >= 0.3 is 12.0 Å². The number of hydrogen-bond acceptors (Lipinski definition) is 6. The Kier molecular flexibility index (Phi) is 6.58. The molecule has 0 unspecified atom stereocenters. The molecule has 8 heteroatoms. The van der Waals surface area contributed by atoms with Crippen LogP contribution >= 0.6 is 0 Å². The van der Waals surface area contributed by atoms with Gasteiger partial charge in [0.05, 0.1) is 26.3 Å². The Bertz CT molecular complexity index is 726. The molecule has 132 valence electrons. The van der Waals surface area contributed by atoms with E-state index >= 15 is 0 Å². The summed E-state index contributed by atoms with van der Waals surface area (Å²) in [4.78, 5) is 34.9. The number of rotatable bonds is 7. The van der Waals surface area contributed by atoms with Crippen molar-refractivity contribution in [2.75, 3.05) is 13.7 Å². The van der Waals surface area contributed by atoms with Crippen molar-refractivity contribution in [1.82, 2.24) is 10.6 Å². The summed E-state index contributed by atoms with van der Waals surface area (Å²) in [6.07, 6.45) is 1.43. The van der Waals surface area contributed by atoms with Crippen LogP contribution in [-0.4, -0.2) is 31.6 Å². The van der Waals surface area contributed by atoms with Crippen LogP contribution in [-0.2, 0) is 27.3 Å². The fourth-order valence-corrected chi connectivity index (χ4v) is 1.99. The number of methoxy groups -OCH3 is 1. The Hall–Kier alpha value is -3.29. The monoisotopic (exact) mass is 346 g/mol. The van der Waals surface area contributed by atoms with Gasteiger partial charge in [-0.2, -0.15) is 0 Å². The third-order valence-electron chi connectivity index (χ3n) is 3.15. The van der Waals surface area contributed by atoms with E-state index < -0.39 is 24.5 Å². The number of hydrogen-bond donors (Lipinski definition) is 2. The number of furan rings is 1. The maximum absolute atomic E-state index is 11.8. The Morgan fingerprint density at radius 1 is 1.12 bits per heavy atom. The fourth-order valence-electron chi connectivity index (χ4n) is 1.99. The molecule has 1 heterocycles. The van der Waals surface area contributed by atoms with Crippen LogP contribution in [0.15, 0.2) is 47.1 Å². The number of ether oxygens (including phenoxy) is 2. The number of amides is 3. The summed E-state index contributed by atoms with van der Waals surface area (Å²) in [5.41, 5.74) is 0.645. The van der Waals surface area contributed by atoms with Gasteiger partial charge in [0, 0.05) is 5.56 Å². The van der Waals surface area contributed by atoms with Crippen molar-refractivity contribution in [2.45, 2.75) is 13.0 Å². The molecule has 2 rings (SSSR count). The highest BCUT2D eigenvalue weighted by molar-refractivity contribution is 5.95. The van der Waals surface area contributed by atoms with Crippen LogP contribution in [0.2, 0.25) is 0 Å². The normalized spacial score (nSPS) is 9.96. The maximum Gasteiger partial charge on any atom is 0.321 e. The van der Waals surface area contributed by atoms with Gasteiger partial charge in [0.1, 0.15) is 11.5 Å². The quantitative estimate of drug-likeness (QED) is 0.734. The third-order valence-corrected chi connectivity index (χ3v) is 3.15. The van der Waals surface area contributed by atoms with Crippen molar-refractivity contribution in [1.29, 1.82) is 0 Å². The largest absolute Gasteiger partial charge is 0.496 e. The number of nitrogens with one attached hydrogen (secondary N) is 2. The zero-order valence-electron chi connectivity index (χ0n) is 13.6. The smallest absolute Gasteiger partial charge is 0.321 e. The van der Waals surface area contributed by atoms with Crippen molar-refractivity contribution in [2.24, 2.45) is 0 Å². The Balaban J connectivity index is 1.70. The molecule has 0 saturated carbocycles. The van der Waals surface area contributed by atoms with Crippen molar-refractivity contribution >= 4 is 17.9 Å². The average Bonchev–Trinajstić information content (AvgIpc) is 3.12. The zero-order valence-corrected chi connectivity index (χ0v) is 13.6. The molecular formula is C17H18N2O6. The van der Waals surface area contributed by atoms with Gasteiger partial charge in [-0.3, -0.25) is 14.9 Å². The van der Waals surface area contributed by atoms with E-state index in [1.54, 1.807) is 36.4 Å². The lowest BCUT2D eigenvalue weighted by molar-refractivity contribution is -0.147. The molecule has 8 nitrogen and oxygen atoms in total. The molecule has 0 bridgehead atoms. The van der Waals surface area contributed by atoms with E-state index in [4.69, 9.17) is 13.9 Å². The second-order valence-corrected chi connectivity index (χ2v) is 4.96. The standard InChI is InChI=1S/C17H18N2O6/c1-23-14-7-3-2-5-12(14)9-16(21)25-11-15(20)19-17(22)18-10-13-6-4-8-24-13/h2-8H,9-11H2,1H3,(H2,18,19,20,22). The molecular weight excluding hydrogens is 328 g/mol. The number of imide groups is 1. The van der Waals surface area contributed by atoms with Crippen molar-refractivity contribution in [3.05, 3.63) is 54.0 Å². The number of esters is 1. The number of benzene rings is 1. The van der Waals surface area contributed by atoms with E-state index in [1.807, 2.05) is 0 Å². The first-order valence-electron chi connectivity index (χ1n) is 7.46. The summed E-state index contributed by atoms with van der Waals surface area (Å²) in [5, 5.41) is 4.49. The Labute approximate surface area is 144 Å². The second-order valence-electron chi connectivity index (χ2n) is 4.96. The zero-order chi connectivity index (χ0) is 18.1. The summed E-state index contributed by atoms with van der Waals surface area (Å²) in [7, 11) is 1.50.